The topological polar surface area (TPSA) is 117 Å². The van der Waals surface area contributed by atoms with Crippen LogP contribution >= 0.6 is 0 Å². The lowest BCUT2D eigenvalue weighted by molar-refractivity contribution is -0.148. The summed E-state index contributed by atoms with van der Waals surface area (Å²) in [5, 5.41) is 14.7. The number of hydrogen-bond donors (Lipinski definition) is 3. The van der Waals surface area contributed by atoms with Gasteiger partial charge >= 0.3 is 12.1 Å². The third kappa shape index (κ3) is 5.63. The van der Waals surface area contributed by atoms with E-state index in [0.717, 1.165) is 22.3 Å². The zero-order valence-corrected chi connectivity index (χ0v) is 19.9. The number of carbonyl (C=O) groups excluding carboxylic acids is 2. The molecular weight excluding hydrogens is 450 g/mol. The summed E-state index contributed by atoms with van der Waals surface area (Å²) in [4.78, 5) is 39.0. The first-order valence-corrected chi connectivity index (χ1v) is 11.8. The van der Waals surface area contributed by atoms with Crippen LogP contribution in [-0.4, -0.2) is 80.0 Å². The minimum atomic E-state index is -1.12. The molecule has 1 fully saturated rings. The van der Waals surface area contributed by atoms with E-state index in [9.17, 15) is 19.5 Å². The quantitative estimate of drug-likeness (QED) is 0.503. The first-order chi connectivity index (χ1) is 16.8. The Kier molecular flexibility index (Phi) is 7.67. The van der Waals surface area contributed by atoms with Crippen molar-refractivity contribution in [2.24, 2.45) is 0 Å². The van der Waals surface area contributed by atoms with Crippen LogP contribution in [0.3, 0.4) is 0 Å². The molecule has 2 aromatic carbocycles. The molecule has 3 atom stereocenters. The summed E-state index contributed by atoms with van der Waals surface area (Å²) in [6, 6.07) is 14.6. The predicted octanol–water partition coefficient (Wildman–Crippen LogP) is 2.20. The van der Waals surface area contributed by atoms with Crippen LogP contribution in [0.1, 0.15) is 29.9 Å². The Morgan fingerprint density at radius 1 is 1.09 bits per heavy atom. The molecule has 9 nitrogen and oxygen atoms in total. The van der Waals surface area contributed by atoms with Gasteiger partial charge in [-0.2, -0.15) is 0 Å². The normalized spacial score (nSPS) is 19.6. The van der Waals surface area contributed by atoms with Crippen LogP contribution < -0.4 is 10.6 Å². The molecule has 0 spiro atoms. The summed E-state index contributed by atoms with van der Waals surface area (Å²) in [5.74, 6) is -1.67. The standard InChI is InChI=1S/C26H31N3O6/c1-29(2)13-11-22(24(30)27-21-12-14-34-23(21)25(31)32)28-26(33)35-15-20-18-9-5-3-7-16(18)17-8-4-6-10-19(17)20/h3-10,20-23H,11-15H2,1-2H3,(H,27,30)(H,28,33)(H,31,32)/t21-,22?,23+/m0/s1. The molecule has 0 radical (unpaired) electrons. The van der Waals surface area contributed by atoms with E-state index < -0.39 is 36.2 Å². The molecule has 1 unspecified atom stereocenters. The summed E-state index contributed by atoms with van der Waals surface area (Å²) >= 11 is 0. The summed E-state index contributed by atoms with van der Waals surface area (Å²) in [7, 11) is 3.74. The van der Waals surface area contributed by atoms with Crippen molar-refractivity contribution >= 4 is 18.0 Å². The van der Waals surface area contributed by atoms with Crippen LogP contribution in [0.4, 0.5) is 4.79 Å². The highest BCUT2D eigenvalue weighted by Crippen LogP contribution is 2.44. The van der Waals surface area contributed by atoms with E-state index in [4.69, 9.17) is 9.47 Å². The van der Waals surface area contributed by atoms with Crippen LogP contribution in [0.25, 0.3) is 11.1 Å². The molecule has 1 saturated heterocycles. The largest absolute Gasteiger partial charge is 0.479 e. The first kappa shape index (κ1) is 24.7. The SMILES string of the molecule is CN(C)CCC(NC(=O)OCC1c2ccccc2-c2ccccc21)C(=O)N[C@H]1CCO[C@H]1C(=O)O. The smallest absolute Gasteiger partial charge is 0.407 e. The van der Waals surface area contributed by atoms with Gasteiger partial charge in [0.15, 0.2) is 6.10 Å². The molecule has 9 heteroatoms. The fraction of sp³-hybridized carbons (Fsp3) is 0.423. The maximum atomic E-state index is 13.0. The van der Waals surface area contributed by atoms with Gasteiger partial charge in [0, 0.05) is 12.5 Å². The Labute approximate surface area is 204 Å². The van der Waals surface area contributed by atoms with E-state index in [2.05, 4.69) is 22.8 Å². The van der Waals surface area contributed by atoms with Crippen LogP contribution in [0.15, 0.2) is 48.5 Å². The second-order valence-corrected chi connectivity index (χ2v) is 9.15. The first-order valence-electron chi connectivity index (χ1n) is 11.8. The third-order valence-corrected chi connectivity index (χ3v) is 6.48. The van der Waals surface area contributed by atoms with E-state index in [-0.39, 0.29) is 19.1 Å². The second-order valence-electron chi connectivity index (χ2n) is 9.15. The molecule has 2 aliphatic rings. The van der Waals surface area contributed by atoms with Gasteiger partial charge in [0.25, 0.3) is 0 Å². The number of fused-ring (bicyclic) bond motifs is 3. The molecule has 2 amide bonds. The molecule has 0 saturated carbocycles. The van der Waals surface area contributed by atoms with E-state index in [0.29, 0.717) is 19.4 Å². The van der Waals surface area contributed by atoms with E-state index in [1.54, 1.807) is 0 Å². The lowest BCUT2D eigenvalue weighted by atomic mass is 9.98. The maximum absolute atomic E-state index is 13.0. The van der Waals surface area contributed by atoms with E-state index in [1.807, 2.05) is 55.4 Å². The Bertz CT molecular complexity index is 1040. The Hall–Kier alpha value is -3.43. The van der Waals surface area contributed by atoms with Crippen molar-refractivity contribution in [1.82, 2.24) is 15.5 Å². The number of nitrogens with zero attached hydrogens (tertiary/aromatic N) is 1. The van der Waals surface area contributed by atoms with Crippen LogP contribution in [0.2, 0.25) is 0 Å². The number of aliphatic carboxylic acids is 1. The van der Waals surface area contributed by atoms with Crippen LogP contribution in [-0.2, 0) is 19.1 Å². The van der Waals surface area contributed by atoms with Crippen LogP contribution in [0, 0.1) is 0 Å². The Morgan fingerprint density at radius 3 is 2.31 bits per heavy atom. The number of carboxylic acids is 1. The second kappa shape index (κ2) is 10.9. The average molecular weight is 482 g/mol. The Balaban J connectivity index is 1.40. The highest BCUT2D eigenvalue weighted by molar-refractivity contribution is 5.87. The number of rotatable bonds is 9. The summed E-state index contributed by atoms with van der Waals surface area (Å²) in [6.07, 6.45) is -1.05. The average Bonchev–Trinajstić information content (AvgIpc) is 3.43. The number of ether oxygens (including phenoxy) is 2. The van der Waals surface area contributed by atoms with E-state index >= 15 is 0 Å². The van der Waals surface area contributed by atoms with Crippen molar-refractivity contribution in [2.45, 2.75) is 36.9 Å². The molecule has 1 aliphatic heterocycles. The number of carboxylic acid groups (broad SMARTS) is 1. The molecule has 1 aliphatic carbocycles. The fourth-order valence-corrected chi connectivity index (χ4v) is 4.70. The number of benzene rings is 2. The molecular formula is C26H31N3O6. The van der Waals surface area contributed by atoms with Crippen molar-refractivity contribution in [3.05, 3.63) is 59.7 Å². The summed E-state index contributed by atoms with van der Waals surface area (Å²) in [6.45, 7) is 0.939. The van der Waals surface area contributed by atoms with Gasteiger partial charge in [0.1, 0.15) is 12.6 Å². The number of carbonyl (C=O) groups is 3. The van der Waals surface area contributed by atoms with Gasteiger partial charge < -0.3 is 30.1 Å². The molecule has 2 aromatic rings. The zero-order chi connectivity index (χ0) is 24.9. The fourth-order valence-electron chi connectivity index (χ4n) is 4.70. The van der Waals surface area contributed by atoms with Crippen molar-refractivity contribution in [1.29, 1.82) is 0 Å². The zero-order valence-electron chi connectivity index (χ0n) is 19.9. The molecule has 1 heterocycles. The van der Waals surface area contributed by atoms with Gasteiger partial charge in [-0.3, -0.25) is 4.79 Å². The van der Waals surface area contributed by atoms with Gasteiger partial charge in [-0.05, 0) is 55.7 Å². The van der Waals surface area contributed by atoms with Gasteiger partial charge in [-0.25, -0.2) is 9.59 Å². The number of nitrogens with one attached hydrogen (secondary N) is 2. The minimum Gasteiger partial charge on any atom is -0.479 e. The monoisotopic (exact) mass is 481 g/mol. The van der Waals surface area contributed by atoms with E-state index in [1.165, 1.54) is 0 Å². The molecule has 186 valence electrons. The summed E-state index contributed by atoms with van der Waals surface area (Å²) < 4.78 is 10.8. The molecule has 0 bridgehead atoms. The number of alkyl carbamates (subject to hydrolysis) is 1. The molecule has 3 N–H and O–H groups in total. The van der Waals surface area contributed by atoms with Crippen LogP contribution in [0.5, 0.6) is 0 Å². The predicted molar refractivity (Wildman–Crippen MR) is 129 cm³/mol. The highest BCUT2D eigenvalue weighted by Gasteiger charge is 2.37. The lowest BCUT2D eigenvalue weighted by Crippen LogP contribution is -2.53. The van der Waals surface area contributed by atoms with Crippen molar-refractivity contribution in [3.63, 3.8) is 0 Å². The molecule has 4 rings (SSSR count). The van der Waals surface area contributed by atoms with Crippen molar-refractivity contribution in [2.75, 3.05) is 33.9 Å². The maximum Gasteiger partial charge on any atom is 0.407 e. The summed E-state index contributed by atoms with van der Waals surface area (Å²) in [5.41, 5.74) is 4.47. The van der Waals surface area contributed by atoms with Gasteiger partial charge in [0.05, 0.1) is 6.04 Å². The molecule has 35 heavy (non-hydrogen) atoms. The lowest BCUT2D eigenvalue weighted by Gasteiger charge is -2.23. The minimum absolute atomic E-state index is 0.0887. The van der Waals surface area contributed by atoms with Gasteiger partial charge in [0.2, 0.25) is 5.91 Å². The van der Waals surface area contributed by atoms with Crippen molar-refractivity contribution < 1.29 is 29.0 Å². The third-order valence-electron chi connectivity index (χ3n) is 6.48. The number of hydrogen-bond acceptors (Lipinski definition) is 6. The Morgan fingerprint density at radius 2 is 1.71 bits per heavy atom. The van der Waals surface area contributed by atoms with Gasteiger partial charge in [-0.15, -0.1) is 0 Å². The van der Waals surface area contributed by atoms with Crippen molar-refractivity contribution in [3.8, 4) is 11.1 Å². The van der Waals surface area contributed by atoms with Gasteiger partial charge in [-0.1, -0.05) is 48.5 Å². The highest BCUT2D eigenvalue weighted by atomic mass is 16.5. The number of amides is 2. The molecule has 0 aromatic heterocycles.